The average molecular weight is 402 g/mol. The predicted octanol–water partition coefficient (Wildman–Crippen LogP) is 4.25. The summed E-state index contributed by atoms with van der Waals surface area (Å²) in [5, 5.41) is 4.59. The second-order valence-electron chi connectivity index (χ2n) is 7.29. The molecule has 0 saturated heterocycles. The molecule has 1 aliphatic rings. The first-order valence-corrected chi connectivity index (χ1v) is 10.0. The van der Waals surface area contributed by atoms with E-state index in [2.05, 4.69) is 11.4 Å². The third kappa shape index (κ3) is 2.74. The van der Waals surface area contributed by atoms with Crippen LogP contribution in [0.1, 0.15) is 20.8 Å². The van der Waals surface area contributed by atoms with Crippen molar-refractivity contribution in [3.63, 3.8) is 0 Å². The van der Waals surface area contributed by atoms with Gasteiger partial charge in [-0.2, -0.15) is 0 Å². The van der Waals surface area contributed by atoms with E-state index in [1.807, 2.05) is 44.2 Å². The van der Waals surface area contributed by atoms with Gasteiger partial charge in [-0.1, -0.05) is 18.2 Å². The van der Waals surface area contributed by atoms with Crippen molar-refractivity contribution < 1.29 is 9.59 Å². The molecule has 1 aliphatic heterocycles. The van der Waals surface area contributed by atoms with Crippen LogP contribution < -0.4 is 16.0 Å². The van der Waals surface area contributed by atoms with Gasteiger partial charge in [0.1, 0.15) is 16.3 Å². The summed E-state index contributed by atoms with van der Waals surface area (Å²) < 4.78 is 0. The summed E-state index contributed by atoms with van der Waals surface area (Å²) in [6.45, 7) is 4.03. The highest BCUT2D eigenvalue weighted by Gasteiger charge is 2.30. The maximum atomic E-state index is 13.4. The summed E-state index contributed by atoms with van der Waals surface area (Å²) in [5.41, 5.74) is 11.2. The van der Waals surface area contributed by atoms with Gasteiger partial charge in [-0.15, -0.1) is 11.3 Å². The summed E-state index contributed by atoms with van der Waals surface area (Å²) in [6.07, 6.45) is 0. The minimum absolute atomic E-state index is 0.0444. The molecule has 7 heteroatoms. The number of benzene rings is 2. The van der Waals surface area contributed by atoms with E-state index in [9.17, 15) is 9.59 Å². The molecule has 29 heavy (non-hydrogen) atoms. The number of hydrogen-bond acceptors (Lipinski definition) is 5. The summed E-state index contributed by atoms with van der Waals surface area (Å²) in [6, 6.07) is 13.4. The lowest BCUT2D eigenvalue weighted by atomic mass is 10.0. The molecule has 3 heterocycles. The van der Waals surface area contributed by atoms with E-state index in [1.54, 1.807) is 6.07 Å². The normalized spacial score (nSPS) is 13.6. The third-order valence-electron chi connectivity index (χ3n) is 5.19. The van der Waals surface area contributed by atoms with Gasteiger partial charge >= 0.3 is 0 Å². The molecule has 0 saturated carbocycles. The average Bonchev–Trinajstić information content (AvgIpc) is 3.01. The summed E-state index contributed by atoms with van der Waals surface area (Å²) in [5.74, 6) is -0.517. The lowest BCUT2D eigenvalue weighted by molar-refractivity contribution is -0.115. The molecule has 0 aliphatic carbocycles. The molecule has 144 valence electrons. The van der Waals surface area contributed by atoms with E-state index in [-0.39, 0.29) is 18.4 Å². The number of para-hydroxylation sites is 2. The number of nitrogens with one attached hydrogen (secondary N) is 1. The number of aryl methyl sites for hydroxylation is 2. The van der Waals surface area contributed by atoms with Crippen LogP contribution in [0.2, 0.25) is 0 Å². The largest absolute Gasteiger partial charge is 0.397 e. The molecule has 2 amide bonds. The molecule has 5 rings (SSSR count). The molecule has 6 nitrogen and oxygen atoms in total. The van der Waals surface area contributed by atoms with E-state index < -0.39 is 0 Å². The second kappa shape index (κ2) is 6.28. The quantitative estimate of drug-likeness (QED) is 0.498. The van der Waals surface area contributed by atoms with Gasteiger partial charge < -0.3 is 11.1 Å². The van der Waals surface area contributed by atoms with Gasteiger partial charge in [0.05, 0.1) is 22.6 Å². The number of aromatic nitrogens is 1. The molecule has 4 aromatic rings. The molecule has 0 radical (unpaired) electrons. The Bertz CT molecular complexity index is 1340. The van der Waals surface area contributed by atoms with E-state index >= 15 is 0 Å². The Hall–Kier alpha value is -3.45. The number of nitrogens with two attached hydrogens (primary N) is 1. The fourth-order valence-electron chi connectivity index (χ4n) is 3.85. The first-order chi connectivity index (χ1) is 13.9. The zero-order valence-corrected chi connectivity index (χ0v) is 16.8. The van der Waals surface area contributed by atoms with Crippen LogP contribution in [0.3, 0.4) is 0 Å². The number of nitrogens with zero attached hydrogens (tertiary/aromatic N) is 2. The molecule has 0 unspecified atom stereocenters. The van der Waals surface area contributed by atoms with Crippen molar-refractivity contribution in [2.45, 2.75) is 13.8 Å². The van der Waals surface area contributed by atoms with Gasteiger partial charge in [0.2, 0.25) is 5.91 Å². The molecule has 2 aromatic heterocycles. The fourth-order valence-corrected chi connectivity index (χ4v) is 4.89. The van der Waals surface area contributed by atoms with E-state index in [0.717, 1.165) is 32.2 Å². The number of fused-ring (bicyclic) bond motifs is 3. The Kier molecular flexibility index (Phi) is 3.82. The SMILES string of the molecule is Cc1cc(C)c2cc3c(N)c(C(=O)N4CC(=O)Nc5ccccc54)sc3nc2c1. The van der Waals surface area contributed by atoms with Crippen LogP contribution in [0, 0.1) is 13.8 Å². The van der Waals surface area contributed by atoms with E-state index in [1.165, 1.54) is 16.2 Å². The molecular formula is C22H18N4O2S. The third-order valence-corrected chi connectivity index (χ3v) is 6.30. The van der Waals surface area contributed by atoms with Crippen molar-refractivity contribution in [1.29, 1.82) is 0 Å². The summed E-state index contributed by atoms with van der Waals surface area (Å²) >= 11 is 1.27. The number of nitrogen functional groups attached to an aromatic ring is 1. The van der Waals surface area contributed by atoms with Crippen molar-refractivity contribution in [3.05, 3.63) is 58.5 Å². The fraction of sp³-hybridized carbons (Fsp3) is 0.136. The van der Waals surface area contributed by atoms with Crippen LogP contribution >= 0.6 is 11.3 Å². The Morgan fingerprint density at radius 1 is 1.17 bits per heavy atom. The van der Waals surface area contributed by atoms with Crippen molar-refractivity contribution in [2.24, 2.45) is 0 Å². The molecule has 0 atom stereocenters. The van der Waals surface area contributed by atoms with Gasteiger partial charge in [-0.25, -0.2) is 4.98 Å². The zero-order valence-electron chi connectivity index (χ0n) is 15.9. The highest BCUT2D eigenvalue weighted by atomic mass is 32.1. The van der Waals surface area contributed by atoms with Gasteiger partial charge in [-0.3, -0.25) is 14.5 Å². The topological polar surface area (TPSA) is 88.3 Å². The number of hydrogen-bond donors (Lipinski definition) is 2. The summed E-state index contributed by atoms with van der Waals surface area (Å²) in [7, 11) is 0. The molecular weight excluding hydrogens is 384 g/mol. The highest BCUT2D eigenvalue weighted by molar-refractivity contribution is 7.21. The van der Waals surface area contributed by atoms with Crippen molar-refractivity contribution in [1.82, 2.24) is 4.98 Å². The monoisotopic (exact) mass is 402 g/mol. The lowest BCUT2D eigenvalue weighted by Crippen LogP contribution is -2.42. The van der Waals surface area contributed by atoms with Gasteiger partial charge in [0.15, 0.2) is 0 Å². The van der Waals surface area contributed by atoms with Crippen LogP contribution in [0.15, 0.2) is 42.5 Å². The lowest BCUT2D eigenvalue weighted by Gasteiger charge is -2.28. The van der Waals surface area contributed by atoms with Crippen molar-refractivity contribution >= 4 is 61.3 Å². The van der Waals surface area contributed by atoms with Crippen LogP contribution in [-0.4, -0.2) is 23.3 Å². The minimum atomic E-state index is -0.287. The Morgan fingerprint density at radius 2 is 1.97 bits per heavy atom. The van der Waals surface area contributed by atoms with Crippen molar-refractivity contribution in [3.8, 4) is 0 Å². The van der Waals surface area contributed by atoms with Gasteiger partial charge in [-0.05, 0) is 49.2 Å². The highest BCUT2D eigenvalue weighted by Crippen LogP contribution is 2.38. The van der Waals surface area contributed by atoms with Crippen LogP contribution in [0.25, 0.3) is 21.1 Å². The number of rotatable bonds is 1. The Morgan fingerprint density at radius 3 is 2.79 bits per heavy atom. The second-order valence-corrected chi connectivity index (χ2v) is 8.29. The maximum Gasteiger partial charge on any atom is 0.271 e. The molecule has 0 spiro atoms. The number of pyridine rings is 1. The van der Waals surface area contributed by atoms with E-state index in [0.29, 0.717) is 21.9 Å². The first-order valence-electron chi connectivity index (χ1n) is 9.23. The number of carbonyl (C=O) groups excluding carboxylic acids is 2. The number of amides is 2. The van der Waals surface area contributed by atoms with E-state index in [4.69, 9.17) is 10.7 Å². The van der Waals surface area contributed by atoms with Crippen LogP contribution in [-0.2, 0) is 4.79 Å². The standard InChI is InChI=1S/C22H18N4O2S/c1-11-7-12(2)13-9-14-19(23)20(29-21(14)25-16(13)8-11)22(28)26-10-18(27)24-15-5-3-4-6-17(15)26/h3-9H,10,23H2,1-2H3,(H,24,27). The number of thiophene rings is 1. The molecule has 0 bridgehead atoms. The Labute approximate surface area is 171 Å². The van der Waals surface area contributed by atoms with Crippen LogP contribution in [0.5, 0.6) is 0 Å². The summed E-state index contributed by atoms with van der Waals surface area (Å²) in [4.78, 5) is 32.8. The van der Waals surface area contributed by atoms with Crippen molar-refractivity contribution in [2.75, 3.05) is 22.5 Å². The zero-order chi connectivity index (χ0) is 20.3. The Balaban J connectivity index is 1.66. The number of anilines is 3. The molecule has 2 aromatic carbocycles. The van der Waals surface area contributed by atoms with Gasteiger partial charge in [0, 0.05) is 10.8 Å². The van der Waals surface area contributed by atoms with Gasteiger partial charge in [0.25, 0.3) is 5.91 Å². The smallest absolute Gasteiger partial charge is 0.271 e. The van der Waals surface area contributed by atoms with Crippen LogP contribution in [0.4, 0.5) is 17.1 Å². The predicted molar refractivity (Wildman–Crippen MR) is 118 cm³/mol. The number of carbonyl (C=O) groups is 2. The first kappa shape index (κ1) is 17.6. The molecule has 3 N–H and O–H groups in total. The molecule has 0 fully saturated rings. The maximum absolute atomic E-state index is 13.4. The minimum Gasteiger partial charge on any atom is -0.397 e.